The average Bonchev–Trinajstić information content (AvgIpc) is 3.48. The molecule has 0 aliphatic carbocycles. The van der Waals surface area contributed by atoms with Crippen molar-refractivity contribution in [1.29, 1.82) is 0 Å². The maximum Gasteiger partial charge on any atom is 0.306 e. The van der Waals surface area contributed by atoms with Gasteiger partial charge in [0.2, 0.25) is 5.91 Å². The van der Waals surface area contributed by atoms with E-state index in [1.54, 1.807) is 6.08 Å². The lowest BCUT2D eigenvalue weighted by molar-refractivity contribution is -0.305. The van der Waals surface area contributed by atoms with Crippen LogP contribution in [0.3, 0.4) is 0 Å². The third-order valence-corrected chi connectivity index (χ3v) is 15.3. The fraction of sp³-hybridized carbons (Fsp3) is 0.797. The van der Waals surface area contributed by atoms with E-state index >= 15 is 0 Å². The van der Waals surface area contributed by atoms with Crippen LogP contribution in [0.25, 0.3) is 0 Å². The number of carbonyl (C=O) groups is 2. The third kappa shape index (κ3) is 43.7. The Labute approximate surface area is 490 Å². The number of ether oxygens (including phenoxy) is 3. The first-order valence-electron chi connectivity index (χ1n) is 33.2. The van der Waals surface area contributed by atoms with Gasteiger partial charge < -0.3 is 45.1 Å². The Morgan fingerprint density at radius 3 is 1.31 bits per heavy atom. The highest BCUT2D eigenvalue weighted by atomic mass is 16.7. The third-order valence-electron chi connectivity index (χ3n) is 15.3. The minimum atomic E-state index is -1.62. The van der Waals surface area contributed by atoms with Crippen molar-refractivity contribution >= 4 is 11.9 Å². The molecule has 1 fully saturated rings. The number of allylic oxidation sites excluding steroid dienone is 11. The number of nitrogens with one attached hydrogen (secondary N) is 1. The molecule has 0 aromatic heterocycles. The van der Waals surface area contributed by atoms with E-state index in [1.807, 2.05) is 6.08 Å². The molecule has 0 radical (unpaired) electrons. The maximum absolute atomic E-state index is 13.5. The Morgan fingerprint density at radius 2 is 0.863 bits per heavy atom. The zero-order valence-corrected chi connectivity index (χ0v) is 51.4. The molecular formula is C69H123NO10. The smallest absolute Gasteiger partial charge is 0.306 e. The fourth-order valence-corrected chi connectivity index (χ4v) is 10.0. The van der Waals surface area contributed by atoms with Crippen LogP contribution in [0.5, 0.6) is 0 Å². The summed E-state index contributed by atoms with van der Waals surface area (Å²) in [5, 5.41) is 57.1. The van der Waals surface area contributed by atoms with E-state index in [2.05, 4.69) is 86.8 Å². The van der Waals surface area contributed by atoms with Crippen molar-refractivity contribution < 1.29 is 49.3 Å². The number of rotatable bonds is 56. The summed E-state index contributed by atoms with van der Waals surface area (Å²) in [5.41, 5.74) is 0. The molecule has 0 aromatic rings. The summed E-state index contributed by atoms with van der Waals surface area (Å²) in [6.07, 6.45) is 62.1. The van der Waals surface area contributed by atoms with Gasteiger partial charge in [0.1, 0.15) is 24.4 Å². The van der Waals surface area contributed by atoms with Crippen molar-refractivity contribution in [2.45, 2.75) is 339 Å². The molecule has 1 amide bonds. The van der Waals surface area contributed by atoms with Crippen LogP contribution in [-0.2, 0) is 23.8 Å². The van der Waals surface area contributed by atoms with E-state index in [1.165, 1.54) is 148 Å². The second-order valence-electron chi connectivity index (χ2n) is 22.8. The molecule has 0 bridgehead atoms. The Hall–Kier alpha value is -2.90. The van der Waals surface area contributed by atoms with E-state index in [4.69, 9.17) is 14.2 Å². The summed E-state index contributed by atoms with van der Waals surface area (Å²) in [6, 6.07) is -1.03. The van der Waals surface area contributed by atoms with Gasteiger partial charge in [0.15, 0.2) is 12.4 Å². The molecule has 8 unspecified atom stereocenters. The van der Waals surface area contributed by atoms with E-state index < -0.39 is 67.4 Å². The van der Waals surface area contributed by atoms with Crippen LogP contribution < -0.4 is 5.32 Å². The van der Waals surface area contributed by atoms with Gasteiger partial charge >= 0.3 is 5.97 Å². The molecule has 0 saturated carbocycles. The van der Waals surface area contributed by atoms with Gasteiger partial charge in [-0.15, -0.1) is 0 Å². The minimum Gasteiger partial charge on any atom is -0.454 e. The molecule has 80 heavy (non-hydrogen) atoms. The molecule has 1 saturated heterocycles. The lowest BCUT2D eigenvalue weighted by Gasteiger charge is -2.41. The van der Waals surface area contributed by atoms with Gasteiger partial charge in [-0.1, -0.05) is 261 Å². The summed E-state index contributed by atoms with van der Waals surface area (Å²) in [5.74, 6) is -1.20. The summed E-state index contributed by atoms with van der Waals surface area (Å²) in [7, 11) is 0. The standard InChI is InChI=1S/C69H123NO10/c1-4-7-10-13-16-19-22-25-27-29-30-31-32-33-35-36-38-41-44-47-50-53-56-62(73)68(77)70-60(61(72)55-52-49-46-43-40-24-21-18-15-12-9-6-3)59-78-69-67(66(76)65(75)63(58-71)79-69)80-64(74)57-54-51-48-45-42-39-37-34-28-26-23-20-17-14-11-8-5-2/h16-17,19-20,25-28,30-31,52,55,60-63,65-67,69,71-73,75-76H,4-15,18,21-24,29,32-51,53-54,56-59H2,1-3H3,(H,70,77)/b19-16-,20-17-,27-25-,28-26-,31-30-,55-52+. The van der Waals surface area contributed by atoms with E-state index in [-0.39, 0.29) is 19.4 Å². The number of hydrogen-bond donors (Lipinski definition) is 6. The SMILES string of the molecule is CCCCC/C=C\C/C=C\C/C=C\CCCCCCCCCCCC(O)C(=O)NC(COC1OC(CO)C(O)C(O)C1OC(=O)CCCCCCCCC/C=C\C/C=C\CCCCC)C(O)/C=C/CCCCCCCCCCCC. The van der Waals surface area contributed by atoms with Crippen LogP contribution in [0.2, 0.25) is 0 Å². The first-order valence-corrected chi connectivity index (χ1v) is 33.2. The zero-order valence-electron chi connectivity index (χ0n) is 51.4. The van der Waals surface area contributed by atoms with Gasteiger partial charge in [-0.25, -0.2) is 0 Å². The topological polar surface area (TPSA) is 175 Å². The zero-order chi connectivity index (χ0) is 58.2. The highest BCUT2D eigenvalue weighted by Crippen LogP contribution is 2.26. The number of unbranched alkanes of at least 4 members (excludes halogenated alkanes) is 32. The Bertz CT molecular complexity index is 1580. The van der Waals surface area contributed by atoms with Crippen LogP contribution in [0.15, 0.2) is 72.9 Å². The minimum absolute atomic E-state index is 0.113. The first kappa shape index (κ1) is 75.1. The molecule has 1 rings (SSSR count). The second kappa shape index (κ2) is 56.6. The molecule has 6 N–H and O–H groups in total. The molecule has 464 valence electrons. The van der Waals surface area contributed by atoms with Crippen molar-refractivity contribution in [2.75, 3.05) is 13.2 Å². The number of hydrogen-bond acceptors (Lipinski definition) is 10. The van der Waals surface area contributed by atoms with Gasteiger partial charge in [0.25, 0.3) is 0 Å². The lowest BCUT2D eigenvalue weighted by Crippen LogP contribution is -2.61. The molecular weight excluding hydrogens is 1000 g/mol. The van der Waals surface area contributed by atoms with Crippen LogP contribution >= 0.6 is 0 Å². The molecule has 1 aliphatic heterocycles. The van der Waals surface area contributed by atoms with E-state index in [0.717, 1.165) is 96.3 Å². The van der Waals surface area contributed by atoms with Crippen molar-refractivity contribution in [3.05, 3.63) is 72.9 Å². The van der Waals surface area contributed by atoms with Crippen LogP contribution in [0.1, 0.15) is 290 Å². The predicted molar refractivity (Wildman–Crippen MR) is 333 cm³/mol. The van der Waals surface area contributed by atoms with Gasteiger partial charge in [0, 0.05) is 6.42 Å². The molecule has 11 heteroatoms. The maximum atomic E-state index is 13.5. The summed E-state index contributed by atoms with van der Waals surface area (Å²) < 4.78 is 17.6. The molecule has 1 heterocycles. The molecule has 8 atom stereocenters. The predicted octanol–water partition coefficient (Wildman–Crippen LogP) is 16.3. The van der Waals surface area contributed by atoms with Gasteiger partial charge in [0.05, 0.1) is 25.4 Å². The second-order valence-corrected chi connectivity index (χ2v) is 22.8. The number of amides is 1. The van der Waals surface area contributed by atoms with Crippen molar-refractivity contribution in [3.63, 3.8) is 0 Å². The van der Waals surface area contributed by atoms with Crippen molar-refractivity contribution in [1.82, 2.24) is 5.32 Å². The van der Waals surface area contributed by atoms with Crippen molar-refractivity contribution in [2.24, 2.45) is 0 Å². The van der Waals surface area contributed by atoms with Gasteiger partial charge in [-0.05, 0) is 96.3 Å². The number of aliphatic hydroxyl groups excluding tert-OH is 5. The van der Waals surface area contributed by atoms with Crippen LogP contribution in [0, 0.1) is 0 Å². The van der Waals surface area contributed by atoms with Crippen LogP contribution in [0.4, 0.5) is 0 Å². The van der Waals surface area contributed by atoms with Crippen molar-refractivity contribution in [3.8, 4) is 0 Å². The summed E-state index contributed by atoms with van der Waals surface area (Å²) in [6.45, 7) is 5.74. The lowest BCUT2D eigenvalue weighted by atomic mass is 9.99. The summed E-state index contributed by atoms with van der Waals surface area (Å²) >= 11 is 0. The number of esters is 1. The van der Waals surface area contributed by atoms with E-state index in [0.29, 0.717) is 12.8 Å². The largest absolute Gasteiger partial charge is 0.454 e. The highest BCUT2D eigenvalue weighted by molar-refractivity contribution is 5.80. The van der Waals surface area contributed by atoms with E-state index in [9.17, 15) is 35.1 Å². The van der Waals surface area contributed by atoms with Gasteiger partial charge in [-0.3, -0.25) is 9.59 Å². The number of carbonyl (C=O) groups excluding carboxylic acids is 2. The monoisotopic (exact) mass is 1130 g/mol. The first-order chi connectivity index (χ1) is 39.2. The Morgan fingerprint density at radius 1 is 0.487 bits per heavy atom. The molecule has 0 aromatic carbocycles. The number of aliphatic hydroxyl groups is 5. The average molecular weight is 1130 g/mol. The Balaban J connectivity index is 2.64. The quantitative estimate of drug-likeness (QED) is 0.0195. The summed E-state index contributed by atoms with van der Waals surface area (Å²) in [4.78, 5) is 26.6. The highest BCUT2D eigenvalue weighted by Gasteiger charge is 2.47. The van der Waals surface area contributed by atoms with Gasteiger partial charge in [-0.2, -0.15) is 0 Å². The molecule has 1 aliphatic rings. The molecule has 11 nitrogen and oxygen atoms in total. The fourth-order valence-electron chi connectivity index (χ4n) is 10.0. The Kier molecular flexibility index (Phi) is 53.1. The normalized spacial score (nSPS) is 19.2. The van der Waals surface area contributed by atoms with Crippen LogP contribution in [-0.4, -0.2) is 99.6 Å². The molecule has 0 spiro atoms.